The third-order valence-electron chi connectivity index (χ3n) is 4.54. The topological polar surface area (TPSA) is 79.1 Å². The third kappa shape index (κ3) is 5.48. The average Bonchev–Trinajstić information content (AvgIpc) is 3.07. The molecular weight excluding hydrogens is 368 g/mol. The minimum absolute atomic E-state index is 0.130. The van der Waals surface area contributed by atoms with E-state index in [1.54, 1.807) is 0 Å². The van der Waals surface area contributed by atoms with Crippen LogP contribution in [0.2, 0.25) is 0 Å². The number of anilines is 1. The fraction of sp³-hybridized carbons (Fsp3) is 0.364. The third-order valence-corrected chi connectivity index (χ3v) is 4.54. The number of fused-ring (bicyclic) bond motifs is 1. The lowest BCUT2D eigenvalue weighted by Gasteiger charge is -2.14. The van der Waals surface area contributed by atoms with Crippen molar-refractivity contribution in [1.29, 1.82) is 0 Å². The number of nitrogens with zero attached hydrogens (tertiary/aromatic N) is 3. The first-order chi connectivity index (χ1) is 14.1. The summed E-state index contributed by atoms with van der Waals surface area (Å²) in [5.74, 6) is 0.847. The van der Waals surface area contributed by atoms with E-state index in [2.05, 4.69) is 10.2 Å². The molecule has 0 saturated heterocycles. The van der Waals surface area contributed by atoms with Crippen LogP contribution in [0.5, 0.6) is 5.75 Å². The van der Waals surface area contributed by atoms with Crippen molar-refractivity contribution < 1.29 is 14.6 Å². The van der Waals surface area contributed by atoms with E-state index < -0.39 is 5.97 Å². The Balaban J connectivity index is 1.86. The molecule has 1 aromatic carbocycles. The Morgan fingerprint density at radius 1 is 1.17 bits per heavy atom. The fourth-order valence-electron chi connectivity index (χ4n) is 3.15. The van der Waals surface area contributed by atoms with E-state index in [-0.39, 0.29) is 6.42 Å². The predicted molar refractivity (Wildman–Crippen MR) is 115 cm³/mol. The van der Waals surface area contributed by atoms with Crippen molar-refractivity contribution in [3.8, 4) is 17.0 Å². The molecular formula is C22H28N4O3. The first-order valence-electron chi connectivity index (χ1n) is 9.86. The van der Waals surface area contributed by atoms with E-state index >= 15 is 0 Å². The summed E-state index contributed by atoms with van der Waals surface area (Å²) >= 11 is 0. The largest absolute Gasteiger partial charge is 0.493 e. The van der Waals surface area contributed by atoms with Crippen LogP contribution in [0, 0.1) is 0 Å². The molecule has 0 aliphatic carbocycles. The number of hydrogen-bond acceptors (Lipinski definition) is 5. The van der Waals surface area contributed by atoms with E-state index in [9.17, 15) is 4.79 Å². The number of hydrogen-bond donors (Lipinski definition) is 2. The molecule has 0 saturated carbocycles. The SMILES string of the molecule is CN(C)CCCOc1ccccc1-c1nc2ccccn2c1NCCCC(=O)O. The molecule has 0 unspecified atom stereocenters. The van der Waals surface area contributed by atoms with Gasteiger partial charge in [-0.25, -0.2) is 4.98 Å². The molecule has 0 aliphatic heterocycles. The second-order valence-corrected chi connectivity index (χ2v) is 7.16. The highest BCUT2D eigenvalue weighted by Crippen LogP contribution is 2.35. The number of rotatable bonds is 11. The number of pyridine rings is 1. The summed E-state index contributed by atoms with van der Waals surface area (Å²) in [7, 11) is 4.10. The van der Waals surface area contributed by atoms with Crippen LogP contribution in [0.4, 0.5) is 5.82 Å². The van der Waals surface area contributed by atoms with E-state index in [4.69, 9.17) is 14.8 Å². The molecule has 0 bridgehead atoms. The molecule has 0 fully saturated rings. The summed E-state index contributed by atoms with van der Waals surface area (Å²) in [6.45, 7) is 2.14. The van der Waals surface area contributed by atoms with Gasteiger partial charge in [-0.2, -0.15) is 0 Å². The molecule has 2 heterocycles. The minimum Gasteiger partial charge on any atom is -0.493 e. The number of para-hydroxylation sites is 1. The normalized spacial score (nSPS) is 11.1. The molecule has 2 N–H and O–H groups in total. The van der Waals surface area contributed by atoms with Gasteiger partial charge in [0.25, 0.3) is 0 Å². The standard InChI is InChI=1S/C22H28N4O3/c1-25(2)14-8-16-29-18-10-4-3-9-17(18)21-22(23-13-7-12-20(27)28)26-15-6-5-11-19(26)24-21/h3-6,9-11,15,23H,7-8,12-14,16H2,1-2H3,(H,27,28). The van der Waals surface area contributed by atoms with Crippen LogP contribution in [0.15, 0.2) is 48.7 Å². The van der Waals surface area contributed by atoms with Gasteiger partial charge in [0.1, 0.15) is 22.9 Å². The summed E-state index contributed by atoms with van der Waals surface area (Å²) in [6.07, 6.45) is 3.56. The maximum absolute atomic E-state index is 10.8. The van der Waals surface area contributed by atoms with Crippen molar-refractivity contribution in [3.05, 3.63) is 48.7 Å². The highest BCUT2D eigenvalue weighted by molar-refractivity contribution is 5.80. The Morgan fingerprint density at radius 2 is 1.97 bits per heavy atom. The van der Waals surface area contributed by atoms with E-state index in [0.717, 1.165) is 41.4 Å². The van der Waals surface area contributed by atoms with Gasteiger partial charge in [-0.05, 0) is 51.2 Å². The number of carbonyl (C=O) groups is 1. The first kappa shape index (κ1) is 20.7. The van der Waals surface area contributed by atoms with Gasteiger partial charge in [-0.3, -0.25) is 9.20 Å². The summed E-state index contributed by atoms with van der Waals surface area (Å²) in [5.41, 5.74) is 2.54. The average molecular weight is 396 g/mol. The molecule has 7 nitrogen and oxygen atoms in total. The molecule has 0 radical (unpaired) electrons. The van der Waals surface area contributed by atoms with Gasteiger partial charge in [-0.15, -0.1) is 0 Å². The molecule has 29 heavy (non-hydrogen) atoms. The first-order valence-corrected chi connectivity index (χ1v) is 9.86. The van der Waals surface area contributed by atoms with Gasteiger partial charge < -0.3 is 20.1 Å². The van der Waals surface area contributed by atoms with Gasteiger partial charge in [-0.1, -0.05) is 18.2 Å². The van der Waals surface area contributed by atoms with Crippen molar-refractivity contribution in [2.24, 2.45) is 0 Å². The molecule has 0 spiro atoms. The van der Waals surface area contributed by atoms with Crippen LogP contribution in [-0.4, -0.2) is 59.2 Å². The molecule has 3 aromatic rings. The Kier molecular flexibility index (Phi) is 7.08. The maximum atomic E-state index is 10.8. The van der Waals surface area contributed by atoms with Crippen LogP contribution < -0.4 is 10.1 Å². The van der Waals surface area contributed by atoms with E-state index in [1.807, 2.05) is 67.2 Å². The predicted octanol–water partition coefficient (Wildman–Crippen LogP) is 3.61. The Labute approximate surface area is 170 Å². The smallest absolute Gasteiger partial charge is 0.303 e. The summed E-state index contributed by atoms with van der Waals surface area (Å²) in [5, 5.41) is 12.3. The molecule has 2 aromatic heterocycles. The lowest BCUT2D eigenvalue weighted by Crippen LogP contribution is -2.15. The van der Waals surface area contributed by atoms with Crippen LogP contribution in [0.25, 0.3) is 16.9 Å². The molecule has 7 heteroatoms. The number of aromatic nitrogens is 2. The van der Waals surface area contributed by atoms with Crippen LogP contribution in [0.1, 0.15) is 19.3 Å². The molecule has 3 rings (SSSR count). The summed E-state index contributed by atoms with van der Waals surface area (Å²) in [6, 6.07) is 13.7. The van der Waals surface area contributed by atoms with E-state index in [0.29, 0.717) is 19.6 Å². The number of carboxylic acid groups (broad SMARTS) is 1. The van der Waals surface area contributed by atoms with Crippen LogP contribution >= 0.6 is 0 Å². The fourth-order valence-corrected chi connectivity index (χ4v) is 3.15. The summed E-state index contributed by atoms with van der Waals surface area (Å²) < 4.78 is 8.05. The molecule has 154 valence electrons. The van der Waals surface area contributed by atoms with E-state index in [1.165, 1.54) is 0 Å². The second-order valence-electron chi connectivity index (χ2n) is 7.16. The zero-order chi connectivity index (χ0) is 20.6. The Bertz CT molecular complexity index is 952. The summed E-state index contributed by atoms with van der Waals surface area (Å²) in [4.78, 5) is 17.8. The molecule has 0 atom stereocenters. The number of benzene rings is 1. The minimum atomic E-state index is -0.790. The van der Waals surface area contributed by atoms with Gasteiger partial charge in [0, 0.05) is 31.3 Å². The number of carboxylic acids is 1. The van der Waals surface area contributed by atoms with Crippen molar-refractivity contribution in [2.45, 2.75) is 19.3 Å². The zero-order valence-corrected chi connectivity index (χ0v) is 17.0. The quantitative estimate of drug-likeness (QED) is 0.482. The van der Waals surface area contributed by atoms with Crippen LogP contribution in [-0.2, 0) is 4.79 Å². The van der Waals surface area contributed by atoms with Crippen molar-refractivity contribution >= 4 is 17.4 Å². The van der Waals surface area contributed by atoms with Crippen molar-refractivity contribution in [3.63, 3.8) is 0 Å². The number of ether oxygens (including phenoxy) is 1. The highest BCUT2D eigenvalue weighted by atomic mass is 16.5. The molecule has 0 amide bonds. The lowest BCUT2D eigenvalue weighted by molar-refractivity contribution is -0.137. The number of nitrogens with one attached hydrogen (secondary N) is 1. The van der Waals surface area contributed by atoms with Gasteiger partial charge in [0.2, 0.25) is 0 Å². The van der Waals surface area contributed by atoms with Gasteiger partial charge >= 0.3 is 5.97 Å². The van der Waals surface area contributed by atoms with Crippen molar-refractivity contribution in [1.82, 2.24) is 14.3 Å². The Morgan fingerprint density at radius 3 is 2.76 bits per heavy atom. The highest BCUT2D eigenvalue weighted by Gasteiger charge is 2.17. The van der Waals surface area contributed by atoms with Gasteiger partial charge in [0.15, 0.2) is 0 Å². The second kappa shape index (κ2) is 9.93. The lowest BCUT2D eigenvalue weighted by atomic mass is 10.1. The monoisotopic (exact) mass is 396 g/mol. The van der Waals surface area contributed by atoms with Crippen LogP contribution in [0.3, 0.4) is 0 Å². The molecule has 0 aliphatic rings. The van der Waals surface area contributed by atoms with Crippen molar-refractivity contribution in [2.75, 3.05) is 39.1 Å². The number of aliphatic carboxylic acids is 1. The maximum Gasteiger partial charge on any atom is 0.303 e. The van der Waals surface area contributed by atoms with Gasteiger partial charge in [0.05, 0.1) is 6.61 Å². The number of imidazole rings is 1. The Hall–Kier alpha value is -3.06. The zero-order valence-electron chi connectivity index (χ0n) is 17.0.